The molecule has 1 aromatic heterocycles. The summed E-state index contributed by atoms with van der Waals surface area (Å²) in [5.41, 5.74) is 1.62. The minimum absolute atomic E-state index is 0.554. The number of aromatic nitrogens is 2. The molecular weight excluding hydrogens is 406 g/mol. The SMILES string of the molecule is COCCN(CCOC)c1nc(-c2ccc(Cl)cc2)nc2cc(OC)c(OC)cc12. The normalized spacial score (nSPS) is 11.0. The van der Waals surface area contributed by atoms with Gasteiger partial charge in [-0.1, -0.05) is 11.6 Å². The summed E-state index contributed by atoms with van der Waals surface area (Å²) in [6.07, 6.45) is 0. The number of halogens is 1. The van der Waals surface area contributed by atoms with E-state index >= 15 is 0 Å². The van der Waals surface area contributed by atoms with E-state index in [-0.39, 0.29) is 0 Å². The zero-order valence-corrected chi connectivity index (χ0v) is 18.4. The first-order valence-electron chi connectivity index (χ1n) is 9.53. The molecule has 0 N–H and O–H groups in total. The lowest BCUT2D eigenvalue weighted by atomic mass is 10.1. The number of anilines is 1. The Balaban J connectivity index is 2.22. The van der Waals surface area contributed by atoms with Crippen LogP contribution in [0.1, 0.15) is 0 Å². The number of hydrogen-bond donors (Lipinski definition) is 0. The highest BCUT2D eigenvalue weighted by molar-refractivity contribution is 6.30. The van der Waals surface area contributed by atoms with E-state index in [4.69, 9.17) is 40.5 Å². The van der Waals surface area contributed by atoms with Crippen LogP contribution in [0.2, 0.25) is 5.02 Å². The van der Waals surface area contributed by atoms with Crippen LogP contribution < -0.4 is 14.4 Å². The minimum atomic E-state index is 0.554. The van der Waals surface area contributed by atoms with Crippen LogP contribution in [-0.2, 0) is 9.47 Å². The lowest BCUT2D eigenvalue weighted by molar-refractivity contribution is 0.190. The van der Waals surface area contributed by atoms with Gasteiger partial charge < -0.3 is 23.8 Å². The van der Waals surface area contributed by atoms with Crippen molar-refractivity contribution in [2.75, 3.05) is 59.6 Å². The Morgan fingerprint density at radius 2 is 1.43 bits per heavy atom. The highest BCUT2D eigenvalue weighted by Gasteiger charge is 2.18. The monoisotopic (exact) mass is 431 g/mol. The van der Waals surface area contributed by atoms with Gasteiger partial charge in [-0.15, -0.1) is 0 Å². The molecule has 160 valence electrons. The summed E-state index contributed by atoms with van der Waals surface area (Å²) in [6, 6.07) is 11.2. The summed E-state index contributed by atoms with van der Waals surface area (Å²) in [4.78, 5) is 11.8. The maximum Gasteiger partial charge on any atom is 0.162 e. The summed E-state index contributed by atoms with van der Waals surface area (Å²) in [5, 5.41) is 1.52. The molecule has 0 unspecified atom stereocenters. The number of nitrogens with zero attached hydrogens (tertiary/aromatic N) is 3. The molecule has 0 bridgehead atoms. The highest BCUT2D eigenvalue weighted by atomic mass is 35.5. The molecule has 0 spiro atoms. The van der Waals surface area contributed by atoms with Gasteiger partial charge in [-0.25, -0.2) is 9.97 Å². The van der Waals surface area contributed by atoms with E-state index < -0.39 is 0 Å². The molecule has 7 nitrogen and oxygen atoms in total. The fourth-order valence-corrected chi connectivity index (χ4v) is 3.26. The Labute approximate surface area is 181 Å². The summed E-state index contributed by atoms with van der Waals surface area (Å²) in [7, 11) is 6.58. The molecule has 0 amide bonds. The third-order valence-electron chi connectivity index (χ3n) is 4.71. The van der Waals surface area contributed by atoms with Crippen LogP contribution in [0.5, 0.6) is 11.5 Å². The van der Waals surface area contributed by atoms with Gasteiger partial charge in [-0.2, -0.15) is 0 Å². The summed E-state index contributed by atoms with van der Waals surface area (Å²) in [5.74, 6) is 2.60. The zero-order valence-electron chi connectivity index (χ0n) is 17.6. The van der Waals surface area contributed by atoms with Gasteiger partial charge in [0.1, 0.15) is 5.82 Å². The molecule has 0 radical (unpaired) electrons. The quantitative estimate of drug-likeness (QED) is 0.479. The molecule has 30 heavy (non-hydrogen) atoms. The van der Waals surface area contributed by atoms with Crippen LogP contribution in [0.25, 0.3) is 22.3 Å². The molecule has 0 atom stereocenters. The van der Waals surface area contributed by atoms with E-state index in [0.717, 1.165) is 22.3 Å². The van der Waals surface area contributed by atoms with E-state index in [1.807, 2.05) is 36.4 Å². The average molecular weight is 432 g/mol. The van der Waals surface area contributed by atoms with Crippen LogP contribution in [0.3, 0.4) is 0 Å². The highest BCUT2D eigenvalue weighted by Crippen LogP contribution is 2.36. The van der Waals surface area contributed by atoms with Crippen molar-refractivity contribution in [2.24, 2.45) is 0 Å². The van der Waals surface area contributed by atoms with Gasteiger partial charge in [-0.05, 0) is 30.3 Å². The van der Waals surface area contributed by atoms with Crippen molar-refractivity contribution in [3.63, 3.8) is 0 Å². The van der Waals surface area contributed by atoms with Gasteiger partial charge >= 0.3 is 0 Å². The first-order chi connectivity index (χ1) is 14.6. The molecule has 0 saturated heterocycles. The van der Waals surface area contributed by atoms with Crippen molar-refractivity contribution in [2.45, 2.75) is 0 Å². The molecule has 2 aromatic carbocycles. The fourth-order valence-electron chi connectivity index (χ4n) is 3.14. The van der Waals surface area contributed by atoms with Crippen molar-refractivity contribution in [1.29, 1.82) is 0 Å². The lowest BCUT2D eigenvalue weighted by Crippen LogP contribution is -2.31. The standard InChI is InChI=1S/C22H26ClN3O4/c1-27-11-9-26(10-12-28-2)22-17-13-19(29-3)20(30-4)14-18(17)24-21(25-22)15-5-7-16(23)8-6-15/h5-8,13-14H,9-12H2,1-4H3. The second kappa shape index (κ2) is 10.4. The van der Waals surface area contributed by atoms with E-state index in [2.05, 4.69) is 4.90 Å². The molecule has 3 aromatic rings. The Morgan fingerprint density at radius 3 is 2.00 bits per heavy atom. The van der Waals surface area contributed by atoms with Crippen molar-refractivity contribution in [3.8, 4) is 22.9 Å². The maximum atomic E-state index is 6.06. The third-order valence-corrected chi connectivity index (χ3v) is 4.97. The van der Waals surface area contributed by atoms with E-state index in [1.165, 1.54) is 0 Å². The second-order valence-corrected chi connectivity index (χ2v) is 7.01. The number of hydrogen-bond acceptors (Lipinski definition) is 7. The Kier molecular flexibility index (Phi) is 7.68. The number of ether oxygens (including phenoxy) is 4. The summed E-state index contributed by atoms with van der Waals surface area (Å²) in [6.45, 7) is 2.41. The predicted octanol–water partition coefficient (Wildman–Crippen LogP) is 4.07. The first kappa shape index (κ1) is 22.1. The molecular formula is C22H26ClN3O4. The molecule has 0 aliphatic rings. The van der Waals surface area contributed by atoms with Crippen molar-refractivity contribution < 1.29 is 18.9 Å². The average Bonchev–Trinajstić information content (AvgIpc) is 2.78. The summed E-state index contributed by atoms with van der Waals surface area (Å²) >= 11 is 6.06. The maximum absolute atomic E-state index is 6.06. The molecule has 0 saturated carbocycles. The smallest absolute Gasteiger partial charge is 0.162 e. The van der Waals surface area contributed by atoms with Crippen LogP contribution in [0.4, 0.5) is 5.82 Å². The Morgan fingerprint density at radius 1 is 0.833 bits per heavy atom. The van der Waals surface area contributed by atoms with Crippen LogP contribution in [-0.4, -0.2) is 64.7 Å². The van der Waals surface area contributed by atoms with E-state index in [0.29, 0.717) is 48.6 Å². The van der Waals surface area contributed by atoms with Gasteiger partial charge in [0.15, 0.2) is 17.3 Å². The number of rotatable bonds is 10. The lowest BCUT2D eigenvalue weighted by Gasteiger charge is -2.25. The van der Waals surface area contributed by atoms with Crippen molar-refractivity contribution in [1.82, 2.24) is 9.97 Å². The number of benzene rings is 2. The molecule has 0 fully saturated rings. The zero-order chi connectivity index (χ0) is 21.5. The molecule has 3 rings (SSSR count). The fraction of sp³-hybridized carbons (Fsp3) is 0.364. The molecule has 8 heteroatoms. The van der Waals surface area contributed by atoms with Gasteiger partial charge in [0.2, 0.25) is 0 Å². The number of methoxy groups -OCH3 is 4. The van der Waals surface area contributed by atoms with Crippen LogP contribution in [0.15, 0.2) is 36.4 Å². The topological polar surface area (TPSA) is 65.9 Å². The van der Waals surface area contributed by atoms with Gasteiger partial charge in [-0.3, -0.25) is 0 Å². The predicted molar refractivity (Wildman–Crippen MR) is 119 cm³/mol. The van der Waals surface area contributed by atoms with Crippen molar-refractivity contribution in [3.05, 3.63) is 41.4 Å². The van der Waals surface area contributed by atoms with Gasteiger partial charge in [0, 0.05) is 49.3 Å². The summed E-state index contributed by atoms with van der Waals surface area (Å²) < 4.78 is 21.6. The van der Waals surface area contributed by atoms with Gasteiger partial charge in [0.05, 0.1) is 33.0 Å². The molecule has 1 heterocycles. The minimum Gasteiger partial charge on any atom is -0.493 e. The molecule has 0 aliphatic heterocycles. The van der Waals surface area contributed by atoms with Gasteiger partial charge in [0.25, 0.3) is 0 Å². The molecule has 0 aliphatic carbocycles. The Bertz CT molecular complexity index is 974. The van der Waals surface area contributed by atoms with E-state index in [1.54, 1.807) is 28.4 Å². The van der Waals surface area contributed by atoms with Crippen molar-refractivity contribution >= 4 is 28.3 Å². The number of fused-ring (bicyclic) bond motifs is 1. The third kappa shape index (κ3) is 4.92. The van der Waals surface area contributed by atoms with E-state index in [9.17, 15) is 0 Å². The van der Waals surface area contributed by atoms with Crippen LogP contribution >= 0.6 is 11.6 Å². The Hall–Kier alpha value is -2.61. The largest absolute Gasteiger partial charge is 0.493 e. The van der Waals surface area contributed by atoms with Crippen LogP contribution in [0, 0.1) is 0 Å². The second-order valence-electron chi connectivity index (χ2n) is 6.57. The first-order valence-corrected chi connectivity index (χ1v) is 9.91.